The van der Waals surface area contributed by atoms with Crippen molar-refractivity contribution < 1.29 is 9.53 Å². The van der Waals surface area contributed by atoms with Gasteiger partial charge in [0.15, 0.2) is 5.69 Å². The van der Waals surface area contributed by atoms with E-state index in [1.54, 1.807) is 13.3 Å². The van der Waals surface area contributed by atoms with Gasteiger partial charge in [0.2, 0.25) is 0 Å². The summed E-state index contributed by atoms with van der Waals surface area (Å²) in [6, 6.07) is 0.418. The number of rotatable bonds is 4. The second kappa shape index (κ2) is 6.03. The van der Waals surface area contributed by atoms with E-state index < -0.39 is 0 Å². The van der Waals surface area contributed by atoms with Crippen molar-refractivity contribution in [2.75, 3.05) is 6.61 Å². The molecule has 1 heterocycles. The first kappa shape index (κ1) is 13.1. The number of esters is 1. The van der Waals surface area contributed by atoms with E-state index in [0.717, 1.165) is 0 Å². The third-order valence-corrected chi connectivity index (χ3v) is 3.89. The van der Waals surface area contributed by atoms with Gasteiger partial charge in [0, 0.05) is 12.2 Å². The number of carbonyl (C=O) groups excluding carboxylic acids is 1. The molecule has 1 aliphatic rings. The molecular formula is C14H22N2O2. The van der Waals surface area contributed by atoms with Crippen molar-refractivity contribution in [3.8, 4) is 0 Å². The van der Waals surface area contributed by atoms with Crippen LogP contribution in [0.25, 0.3) is 0 Å². The third-order valence-electron chi connectivity index (χ3n) is 3.89. The number of ether oxygens (including phenoxy) is 1. The SMILES string of the molecule is CCOC(=O)c1cn(C(C)C2CCCCC2)cn1. The summed E-state index contributed by atoms with van der Waals surface area (Å²) in [7, 11) is 0. The first-order valence-corrected chi connectivity index (χ1v) is 6.93. The van der Waals surface area contributed by atoms with Gasteiger partial charge in [-0.05, 0) is 32.6 Å². The summed E-state index contributed by atoms with van der Waals surface area (Å²) >= 11 is 0. The normalized spacial score (nSPS) is 18.6. The zero-order chi connectivity index (χ0) is 13.0. The van der Waals surface area contributed by atoms with Gasteiger partial charge in [0.25, 0.3) is 0 Å². The smallest absolute Gasteiger partial charge is 0.358 e. The van der Waals surface area contributed by atoms with Gasteiger partial charge in [-0.1, -0.05) is 19.3 Å². The molecule has 1 aliphatic carbocycles. The van der Waals surface area contributed by atoms with Crippen LogP contribution in [0.4, 0.5) is 0 Å². The van der Waals surface area contributed by atoms with Crippen molar-refractivity contribution in [2.45, 2.75) is 52.0 Å². The van der Waals surface area contributed by atoms with Crippen LogP contribution in [0.1, 0.15) is 62.5 Å². The highest BCUT2D eigenvalue weighted by molar-refractivity contribution is 5.86. The second-order valence-corrected chi connectivity index (χ2v) is 5.07. The molecule has 0 aromatic carbocycles. The lowest BCUT2D eigenvalue weighted by molar-refractivity contribution is 0.0520. The van der Waals surface area contributed by atoms with E-state index in [-0.39, 0.29) is 5.97 Å². The fourth-order valence-electron chi connectivity index (χ4n) is 2.73. The molecule has 1 unspecified atom stereocenters. The van der Waals surface area contributed by atoms with Crippen molar-refractivity contribution >= 4 is 5.97 Å². The minimum atomic E-state index is -0.327. The van der Waals surface area contributed by atoms with Crippen molar-refractivity contribution in [3.63, 3.8) is 0 Å². The van der Waals surface area contributed by atoms with Gasteiger partial charge in [-0.3, -0.25) is 0 Å². The zero-order valence-electron chi connectivity index (χ0n) is 11.3. The standard InChI is InChI=1S/C14H22N2O2/c1-3-18-14(17)13-9-16(10-15-13)11(2)12-7-5-4-6-8-12/h9-12H,3-8H2,1-2H3. The average molecular weight is 250 g/mol. The summed E-state index contributed by atoms with van der Waals surface area (Å²) in [5, 5.41) is 0. The van der Waals surface area contributed by atoms with Gasteiger partial charge in [0.1, 0.15) is 0 Å². The van der Waals surface area contributed by atoms with Gasteiger partial charge in [0.05, 0.1) is 12.9 Å². The Morgan fingerprint density at radius 2 is 2.22 bits per heavy atom. The van der Waals surface area contributed by atoms with Crippen LogP contribution in [-0.2, 0) is 4.74 Å². The molecule has 1 aromatic rings. The molecule has 0 bridgehead atoms. The lowest BCUT2D eigenvalue weighted by atomic mass is 9.84. The van der Waals surface area contributed by atoms with E-state index in [1.807, 2.05) is 6.20 Å². The zero-order valence-corrected chi connectivity index (χ0v) is 11.3. The molecule has 1 saturated carbocycles. The van der Waals surface area contributed by atoms with E-state index in [9.17, 15) is 4.79 Å². The van der Waals surface area contributed by atoms with E-state index in [1.165, 1.54) is 32.1 Å². The highest BCUT2D eigenvalue weighted by Gasteiger charge is 2.22. The summed E-state index contributed by atoms with van der Waals surface area (Å²) in [5.74, 6) is 0.384. The maximum Gasteiger partial charge on any atom is 0.358 e. The van der Waals surface area contributed by atoms with E-state index in [0.29, 0.717) is 24.3 Å². The molecule has 100 valence electrons. The fraction of sp³-hybridized carbons (Fsp3) is 0.714. The number of aromatic nitrogens is 2. The highest BCUT2D eigenvalue weighted by Crippen LogP contribution is 2.32. The van der Waals surface area contributed by atoms with Crippen molar-refractivity contribution in [3.05, 3.63) is 18.2 Å². The quantitative estimate of drug-likeness (QED) is 0.771. The summed E-state index contributed by atoms with van der Waals surface area (Å²) in [6.07, 6.45) is 10.2. The maximum absolute atomic E-state index is 11.6. The Balaban J connectivity index is 2.02. The first-order valence-electron chi connectivity index (χ1n) is 6.93. The highest BCUT2D eigenvalue weighted by atomic mass is 16.5. The molecule has 0 radical (unpaired) electrons. The minimum Gasteiger partial charge on any atom is -0.461 e. The van der Waals surface area contributed by atoms with Crippen LogP contribution >= 0.6 is 0 Å². The predicted molar refractivity (Wildman–Crippen MR) is 69.5 cm³/mol. The molecule has 18 heavy (non-hydrogen) atoms. The minimum absolute atomic E-state index is 0.327. The second-order valence-electron chi connectivity index (χ2n) is 5.07. The van der Waals surface area contributed by atoms with Crippen LogP contribution < -0.4 is 0 Å². The topological polar surface area (TPSA) is 44.1 Å². The Labute approximate surface area is 108 Å². The van der Waals surface area contributed by atoms with E-state index in [2.05, 4.69) is 16.5 Å². The van der Waals surface area contributed by atoms with E-state index >= 15 is 0 Å². The molecule has 0 aliphatic heterocycles. The Morgan fingerprint density at radius 3 is 2.89 bits per heavy atom. The van der Waals surface area contributed by atoms with Gasteiger partial charge in [-0.15, -0.1) is 0 Å². The molecule has 0 saturated heterocycles. The monoisotopic (exact) mass is 250 g/mol. The average Bonchev–Trinajstić information content (AvgIpc) is 2.89. The van der Waals surface area contributed by atoms with Crippen LogP contribution in [0.15, 0.2) is 12.5 Å². The molecule has 0 N–H and O–H groups in total. The van der Waals surface area contributed by atoms with Gasteiger partial charge in [-0.2, -0.15) is 0 Å². The number of hydrogen-bond donors (Lipinski definition) is 0. The number of nitrogens with zero attached hydrogens (tertiary/aromatic N) is 2. The molecule has 2 rings (SSSR count). The predicted octanol–water partition coefficient (Wildman–Crippen LogP) is 3.20. The summed E-state index contributed by atoms with van der Waals surface area (Å²) < 4.78 is 7.01. The summed E-state index contributed by atoms with van der Waals surface area (Å²) in [5.41, 5.74) is 0.416. The van der Waals surface area contributed by atoms with Crippen molar-refractivity contribution in [1.29, 1.82) is 0 Å². The van der Waals surface area contributed by atoms with Crippen molar-refractivity contribution in [2.24, 2.45) is 5.92 Å². The molecule has 1 aromatic heterocycles. The molecule has 4 nitrogen and oxygen atoms in total. The summed E-state index contributed by atoms with van der Waals surface area (Å²) in [6.45, 7) is 4.41. The van der Waals surface area contributed by atoms with Crippen LogP contribution in [0.5, 0.6) is 0 Å². The largest absolute Gasteiger partial charge is 0.461 e. The van der Waals surface area contributed by atoms with Gasteiger partial charge >= 0.3 is 5.97 Å². The number of hydrogen-bond acceptors (Lipinski definition) is 3. The molecule has 4 heteroatoms. The van der Waals surface area contributed by atoms with Crippen molar-refractivity contribution in [1.82, 2.24) is 9.55 Å². The Bertz CT molecular complexity index is 394. The van der Waals surface area contributed by atoms with E-state index in [4.69, 9.17) is 4.74 Å². The Hall–Kier alpha value is -1.32. The van der Waals surface area contributed by atoms with Gasteiger partial charge < -0.3 is 9.30 Å². The lowest BCUT2D eigenvalue weighted by Crippen LogP contribution is -2.18. The molecular weight excluding hydrogens is 228 g/mol. The number of imidazole rings is 1. The Kier molecular flexibility index (Phi) is 4.39. The van der Waals surface area contributed by atoms with Gasteiger partial charge in [-0.25, -0.2) is 9.78 Å². The maximum atomic E-state index is 11.6. The van der Waals surface area contributed by atoms with Crippen LogP contribution in [0.2, 0.25) is 0 Å². The van der Waals surface area contributed by atoms with Crippen LogP contribution in [0, 0.1) is 5.92 Å². The first-order chi connectivity index (χ1) is 8.72. The molecule has 1 fully saturated rings. The lowest BCUT2D eigenvalue weighted by Gasteiger charge is -2.28. The Morgan fingerprint density at radius 1 is 1.50 bits per heavy atom. The number of carbonyl (C=O) groups is 1. The fourth-order valence-corrected chi connectivity index (χ4v) is 2.73. The molecule has 0 amide bonds. The summed E-state index contributed by atoms with van der Waals surface area (Å²) in [4.78, 5) is 15.7. The van der Waals surface area contributed by atoms with Crippen LogP contribution in [-0.4, -0.2) is 22.1 Å². The molecule has 0 spiro atoms. The third kappa shape index (κ3) is 2.92. The van der Waals surface area contributed by atoms with Crippen LogP contribution in [0.3, 0.4) is 0 Å². The molecule has 1 atom stereocenters.